The Hall–Kier alpha value is -3.87. The predicted molar refractivity (Wildman–Crippen MR) is 106 cm³/mol. The Bertz CT molecular complexity index is 1290. The van der Waals surface area contributed by atoms with Crippen LogP contribution in [0, 0.1) is 11.6 Å². The van der Waals surface area contributed by atoms with Crippen molar-refractivity contribution in [1.82, 2.24) is 24.9 Å². The summed E-state index contributed by atoms with van der Waals surface area (Å²) in [6, 6.07) is 9.06. The quantitative estimate of drug-likeness (QED) is 0.398. The second-order valence-corrected chi connectivity index (χ2v) is 7.46. The van der Waals surface area contributed by atoms with Crippen molar-refractivity contribution in [3.63, 3.8) is 0 Å². The number of ether oxygens (including phenoxy) is 1. The van der Waals surface area contributed by atoms with Crippen molar-refractivity contribution in [1.29, 1.82) is 0 Å². The van der Waals surface area contributed by atoms with Gasteiger partial charge < -0.3 is 14.4 Å². The lowest BCUT2D eigenvalue weighted by Crippen LogP contribution is -2.47. The largest absolute Gasteiger partial charge is 0.472 e. The number of nitrogens with zero attached hydrogens (tertiary/aromatic N) is 5. The molecule has 4 rings (SSSR count). The molecule has 0 saturated heterocycles. The van der Waals surface area contributed by atoms with Crippen LogP contribution in [-0.2, 0) is 6.54 Å². The molecular weight excluding hydrogens is 465 g/mol. The number of benzene rings is 1. The standard InChI is InChI=1S/C21H16F5N5O3/c1-20(32,21(24,25)26)11-33-19-14(23)9-27-18(28-19)16-8-17(15-6-7-34-30-15)31(29-16)10-12-4-2-3-5-13(12)22/h2-9,32H,10-11H2,1H3. The van der Waals surface area contributed by atoms with Crippen molar-refractivity contribution in [3.05, 3.63) is 66.1 Å². The number of hydrogen-bond acceptors (Lipinski definition) is 7. The molecule has 3 heterocycles. The van der Waals surface area contributed by atoms with E-state index in [2.05, 4.69) is 20.2 Å². The van der Waals surface area contributed by atoms with Crippen molar-refractivity contribution >= 4 is 0 Å². The van der Waals surface area contributed by atoms with E-state index in [1.165, 1.54) is 35.2 Å². The molecule has 0 saturated carbocycles. The van der Waals surface area contributed by atoms with Crippen molar-refractivity contribution < 1.29 is 36.3 Å². The molecule has 34 heavy (non-hydrogen) atoms. The maximum atomic E-state index is 14.2. The third-order valence-electron chi connectivity index (χ3n) is 4.80. The van der Waals surface area contributed by atoms with E-state index in [9.17, 15) is 27.1 Å². The molecule has 4 aromatic rings. The van der Waals surface area contributed by atoms with Gasteiger partial charge in [-0.3, -0.25) is 4.68 Å². The molecule has 0 fully saturated rings. The van der Waals surface area contributed by atoms with Crippen LogP contribution < -0.4 is 4.74 Å². The Morgan fingerprint density at radius 2 is 1.85 bits per heavy atom. The lowest BCUT2D eigenvalue weighted by Gasteiger charge is -2.25. The molecule has 1 N–H and O–H groups in total. The predicted octanol–water partition coefficient (Wildman–Crippen LogP) is 4.01. The number of aromatic nitrogens is 5. The van der Waals surface area contributed by atoms with Crippen LogP contribution in [0.1, 0.15) is 12.5 Å². The first-order chi connectivity index (χ1) is 16.0. The SMILES string of the molecule is CC(O)(COc1nc(-c2cc(-c3ccon3)n(Cc3ccccc3F)n2)ncc1F)C(F)(F)F. The Balaban J connectivity index is 1.68. The van der Waals surface area contributed by atoms with Crippen LogP contribution in [0.3, 0.4) is 0 Å². The second kappa shape index (κ2) is 8.82. The van der Waals surface area contributed by atoms with Gasteiger partial charge in [-0.15, -0.1) is 0 Å². The van der Waals surface area contributed by atoms with Gasteiger partial charge in [0.05, 0.1) is 18.4 Å². The fourth-order valence-corrected chi connectivity index (χ4v) is 2.85. The van der Waals surface area contributed by atoms with Crippen LogP contribution in [0.15, 0.2) is 53.4 Å². The molecule has 8 nitrogen and oxygen atoms in total. The van der Waals surface area contributed by atoms with E-state index in [4.69, 9.17) is 9.26 Å². The highest BCUT2D eigenvalue weighted by atomic mass is 19.4. The molecule has 0 aliphatic rings. The maximum absolute atomic E-state index is 14.2. The lowest BCUT2D eigenvalue weighted by atomic mass is 10.1. The zero-order valence-electron chi connectivity index (χ0n) is 17.4. The zero-order valence-corrected chi connectivity index (χ0v) is 17.4. The summed E-state index contributed by atoms with van der Waals surface area (Å²) < 4.78 is 77.9. The summed E-state index contributed by atoms with van der Waals surface area (Å²) >= 11 is 0. The summed E-state index contributed by atoms with van der Waals surface area (Å²) in [6.07, 6.45) is -2.98. The van der Waals surface area contributed by atoms with Gasteiger partial charge in [0.15, 0.2) is 11.4 Å². The van der Waals surface area contributed by atoms with Gasteiger partial charge in [0.25, 0.3) is 5.88 Å². The zero-order chi connectivity index (χ0) is 24.5. The summed E-state index contributed by atoms with van der Waals surface area (Å²) in [5.41, 5.74) is -2.08. The molecule has 3 aromatic heterocycles. The van der Waals surface area contributed by atoms with Crippen LogP contribution in [0.2, 0.25) is 0 Å². The first kappa shape index (κ1) is 23.3. The molecule has 0 radical (unpaired) electrons. The van der Waals surface area contributed by atoms with Gasteiger partial charge in [-0.05, 0) is 19.1 Å². The average molecular weight is 481 g/mol. The second-order valence-electron chi connectivity index (χ2n) is 7.46. The van der Waals surface area contributed by atoms with Crippen LogP contribution in [0.4, 0.5) is 22.0 Å². The summed E-state index contributed by atoms with van der Waals surface area (Å²) in [4.78, 5) is 7.63. The first-order valence-corrected chi connectivity index (χ1v) is 9.72. The highest BCUT2D eigenvalue weighted by Crippen LogP contribution is 2.31. The Morgan fingerprint density at radius 3 is 2.53 bits per heavy atom. The minimum Gasteiger partial charge on any atom is -0.472 e. The number of rotatable bonds is 7. The van der Waals surface area contributed by atoms with Gasteiger partial charge in [-0.1, -0.05) is 23.4 Å². The molecule has 178 valence electrons. The fraction of sp³-hybridized carbons (Fsp3) is 0.238. The highest BCUT2D eigenvalue weighted by molar-refractivity contribution is 5.62. The smallest absolute Gasteiger partial charge is 0.420 e. The Morgan fingerprint density at radius 1 is 1.09 bits per heavy atom. The number of halogens is 5. The van der Waals surface area contributed by atoms with Crippen LogP contribution in [-0.4, -0.2) is 48.4 Å². The minimum absolute atomic E-state index is 0.00608. The van der Waals surface area contributed by atoms with E-state index in [0.29, 0.717) is 30.1 Å². The minimum atomic E-state index is -5.00. The molecule has 0 amide bonds. The highest BCUT2D eigenvalue weighted by Gasteiger charge is 2.50. The van der Waals surface area contributed by atoms with E-state index in [0.717, 1.165) is 0 Å². The average Bonchev–Trinajstić information content (AvgIpc) is 3.44. The molecule has 13 heteroatoms. The van der Waals surface area contributed by atoms with E-state index in [1.54, 1.807) is 12.1 Å². The van der Waals surface area contributed by atoms with Gasteiger partial charge in [0.2, 0.25) is 5.82 Å². The summed E-state index contributed by atoms with van der Waals surface area (Å²) in [5.74, 6) is -2.58. The van der Waals surface area contributed by atoms with Gasteiger partial charge in [0, 0.05) is 11.6 Å². The fourth-order valence-electron chi connectivity index (χ4n) is 2.85. The summed E-state index contributed by atoms with van der Waals surface area (Å²) in [7, 11) is 0. The topological polar surface area (TPSA) is 99.1 Å². The van der Waals surface area contributed by atoms with E-state index in [-0.39, 0.29) is 18.1 Å². The number of hydrogen-bond donors (Lipinski definition) is 1. The summed E-state index contributed by atoms with van der Waals surface area (Å²) in [5, 5.41) is 17.7. The lowest BCUT2D eigenvalue weighted by molar-refractivity contribution is -0.261. The number of aliphatic hydroxyl groups is 1. The molecule has 1 atom stereocenters. The van der Waals surface area contributed by atoms with Gasteiger partial charge in [0.1, 0.15) is 30.1 Å². The van der Waals surface area contributed by atoms with E-state index < -0.39 is 35.9 Å². The molecule has 0 aliphatic heterocycles. The number of alkyl halides is 3. The van der Waals surface area contributed by atoms with Crippen LogP contribution >= 0.6 is 0 Å². The third-order valence-corrected chi connectivity index (χ3v) is 4.80. The molecule has 1 unspecified atom stereocenters. The van der Waals surface area contributed by atoms with Crippen molar-refractivity contribution in [2.24, 2.45) is 0 Å². The van der Waals surface area contributed by atoms with Gasteiger partial charge >= 0.3 is 6.18 Å². The molecule has 0 bridgehead atoms. The normalized spacial score (nSPS) is 13.6. The summed E-state index contributed by atoms with van der Waals surface area (Å²) in [6.45, 7) is -0.814. The first-order valence-electron chi connectivity index (χ1n) is 9.72. The molecule has 0 spiro atoms. The van der Waals surface area contributed by atoms with Crippen LogP contribution in [0.5, 0.6) is 5.88 Å². The monoisotopic (exact) mass is 481 g/mol. The van der Waals surface area contributed by atoms with E-state index in [1.807, 2.05) is 0 Å². The van der Waals surface area contributed by atoms with Crippen molar-refractivity contribution in [2.45, 2.75) is 25.2 Å². The Labute approximate surface area is 188 Å². The van der Waals surface area contributed by atoms with Crippen LogP contribution in [0.25, 0.3) is 22.9 Å². The van der Waals surface area contributed by atoms with Gasteiger partial charge in [-0.2, -0.15) is 27.6 Å². The Kier molecular flexibility index (Phi) is 6.04. The van der Waals surface area contributed by atoms with Crippen molar-refractivity contribution in [3.8, 4) is 28.8 Å². The molecular formula is C21H16F5N5O3. The molecule has 1 aromatic carbocycles. The third kappa shape index (κ3) is 4.73. The maximum Gasteiger partial charge on any atom is 0.420 e. The van der Waals surface area contributed by atoms with Crippen molar-refractivity contribution in [2.75, 3.05) is 6.61 Å². The van der Waals surface area contributed by atoms with E-state index >= 15 is 0 Å². The molecule has 0 aliphatic carbocycles. The van der Waals surface area contributed by atoms with Gasteiger partial charge in [-0.25, -0.2) is 9.37 Å².